The summed E-state index contributed by atoms with van der Waals surface area (Å²) in [6.07, 6.45) is 0. The minimum absolute atomic E-state index is 0.0324. The number of carbonyl (C=O) groups is 2. The molecule has 2 fully saturated rings. The van der Waals surface area contributed by atoms with Gasteiger partial charge in [0.1, 0.15) is 11.4 Å². The molecule has 3 aliphatic heterocycles. The second kappa shape index (κ2) is 7.42. The molecule has 0 radical (unpaired) electrons. The number of carbonyl (C=O) groups excluding carboxylic acids is 2. The highest BCUT2D eigenvalue weighted by Gasteiger charge is 2.69. The van der Waals surface area contributed by atoms with E-state index in [2.05, 4.69) is 10.2 Å². The number of anilines is 1. The van der Waals surface area contributed by atoms with Crippen molar-refractivity contribution < 1.29 is 14.0 Å². The Morgan fingerprint density at radius 3 is 2.75 bits per heavy atom. The molecule has 1 amide bonds. The summed E-state index contributed by atoms with van der Waals surface area (Å²) in [5.74, 6) is -0.259. The minimum atomic E-state index is -1.25. The smallest absolute Gasteiger partial charge is 0.250 e. The van der Waals surface area contributed by atoms with E-state index in [4.69, 9.17) is 11.6 Å². The molecule has 6 rings (SSSR count). The minimum Gasteiger partial charge on any atom is -0.324 e. The van der Waals surface area contributed by atoms with Gasteiger partial charge in [0.25, 0.3) is 0 Å². The van der Waals surface area contributed by atoms with E-state index < -0.39 is 17.3 Å². The number of hydrogen-bond acceptors (Lipinski definition) is 5. The van der Waals surface area contributed by atoms with Crippen LogP contribution in [0.15, 0.2) is 60.0 Å². The number of thioether (sulfide) groups is 1. The number of thiophene rings is 1. The Morgan fingerprint density at radius 2 is 2.00 bits per heavy atom. The summed E-state index contributed by atoms with van der Waals surface area (Å²) in [5, 5.41) is 5.44. The molecule has 4 atom stereocenters. The van der Waals surface area contributed by atoms with Crippen molar-refractivity contribution in [2.75, 3.05) is 16.9 Å². The van der Waals surface area contributed by atoms with Crippen molar-refractivity contribution >= 4 is 52.1 Å². The van der Waals surface area contributed by atoms with E-state index in [-0.39, 0.29) is 23.7 Å². The van der Waals surface area contributed by atoms with Crippen molar-refractivity contribution in [2.24, 2.45) is 5.92 Å². The van der Waals surface area contributed by atoms with Gasteiger partial charge in [-0.05, 0) is 47.3 Å². The molecule has 0 saturated carbocycles. The molecule has 1 spiro atoms. The molecular formula is C24H18ClFN2O2S2. The monoisotopic (exact) mass is 484 g/mol. The maximum Gasteiger partial charge on any atom is 0.250 e. The second-order valence-electron chi connectivity index (χ2n) is 8.34. The van der Waals surface area contributed by atoms with Crippen molar-refractivity contribution in [1.29, 1.82) is 0 Å². The van der Waals surface area contributed by atoms with Crippen LogP contribution in [0.25, 0.3) is 0 Å². The van der Waals surface area contributed by atoms with Crippen LogP contribution in [0.1, 0.15) is 26.7 Å². The summed E-state index contributed by atoms with van der Waals surface area (Å²) < 4.78 is 14.5. The van der Waals surface area contributed by atoms with Crippen molar-refractivity contribution in [2.45, 2.75) is 17.5 Å². The van der Waals surface area contributed by atoms with Gasteiger partial charge in [-0.1, -0.05) is 29.8 Å². The number of benzene rings is 2. The summed E-state index contributed by atoms with van der Waals surface area (Å²) in [6.45, 7) is 0. The van der Waals surface area contributed by atoms with Crippen LogP contribution in [0.4, 0.5) is 10.1 Å². The van der Waals surface area contributed by atoms with Crippen molar-refractivity contribution in [3.8, 4) is 0 Å². The number of nitrogens with zero attached hydrogens (tertiary/aromatic N) is 1. The summed E-state index contributed by atoms with van der Waals surface area (Å²) in [4.78, 5) is 30.6. The zero-order valence-electron chi connectivity index (χ0n) is 16.8. The highest BCUT2D eigenvalue weighted by atomic mass is 35.5. The molecule has 0 aliphatic carbocycles. The highest BCUT2D eigenvalue weighted by Crippen LogP contribution is 2.61. The summed E-state index contributed by atoms with van der Waals surface area (Å²) in [7, 11) is 0. The Morgan fingerprint density at radius 1 is 1.19 bits per heavy atom. The van der Waals surface area contributed by atoms with E-state index in [0.717, 1.165) is 11.3 Å². The van der Waals surface area contributed by atoms with E-state index >= 15 is 0 Å². The molecule has 3 aromatic rings. The van der Waals surface area contributed by atoms with Gasteiger partial charge in [-0.25, -0.2) is 4.39 Å². The van der Waals surface area contributed by atoms with Gasteiger partial charge in [-0.3, -0.25) is 14.5 Å². The fourth-order valence-electron chi connectivity index (χ4n) is 5.68. The van der Waals surface area contributed by atoms with E-state index in [0.29, 0.717) is 27.0 Å². The topological polar surface area (TPSA) is 49.4 Å². The van der Waals surface area contributed by atoms with Crippen LogP contribution in [0.5, 0.6) is 0 Å². The van der Waals surface area contributed by atoms with Gasteiger partial charge in [-0.15, -0.1) is 23.1 Å². The predicted octanol–water partition coefficient (Wildman–Crippen LogP) is 5.36. The van der Waals surface area contributed by atoms with Gasteiger partial charge in [0.15, 0.2) is 5.78 Å². The number of amides is 1. The van der Waals surface area contributed by atoms with Crippen LogP contribution in [0, 0.1) is 11.7 Å². The molecule has 1 N–H and O–H groups in total. The molecule has 162 valence electrons. The molecule has 32 heavy (non-hydrogen) atoms. The molecule has 1 aromatic heterocycles. The number of halogens is 2. The zero-order valence-corrected chi connectivity index (χ0v) is 19.1. The van der Waals surface area contributed by atoms with Gasteiger partial charge in [0, 0.05) is 39.9 Å². The first-order valence-corrected chi connectivity index (χ1v) is 12.7. The third kappa shape index (κ3) is 2.71. The quantitative estimate of drug-likeness (QED) is 0.508. The number of hydrogen-bond donors (Lipinski definition) is 1. The summed E-state index contributed by atoms with van der Waals surface area (Å²) >= 11 is 9.26. The maximum absolute atomic E-state index is 14.5. The van der Waals surface area contributed by atoms with Crippen LogP contribution in [-0.2, 0) is 10.3 Å². The van der Waals surface area contributed by atoms with Gasteiger partial charge in [0.2, 0.25) is 5.91 Å². The van der Waals surface area contributed by atoms with Gasteiger partial charge in [0.05, 0.1) is 10.8 Å². The first-order chi connectivity index (χ1) is 15.5. The van der Waals surface area contributed by atoms with Gasteiger partial charge < -0.3 is 5.32 Å². The summed E-state index contributed by atoms with van der Waals surface area (Å²) in [6, 6.07) is 15.5. The van der Waals surface area contributed by atoms with Gasteiger partial charge in [-0.2, -0.15) is 0 Å². The fraction of sp³-hybridized carbons (Fsp3) is 0.250. The average Bonchev–Trinajstić information content (AvgIpc) is 3.55. The van der Waals surface area contributed by atoms with Crippen molar-refractivity contribution in [1.82, 2.24) is 4.90 Å². The number of fused-ring (bicyclic) bond motifs is 4. The van der Waals surface area contributed by atoms with Gasteiger partial charge >= 0.3 is 0 Å². The SMILES string of the molecule is O=C(c1cccs1)C1C(c2ccc(Cl)cc2)C2CSCN2[C@@]12C(=O)Nc1ccc(F)cc12. The lowest BCUT2D eigenvalue weighted by Crippen LogP contribution is -2.52. The highest BCUT2D eigenvalue weighted by molar-refractivity contribution is 7.99. The molecule has 4 heterocycles. The van der Waals surface area contributed by atoms with E-state index in [1.54, 1.807) is 23.9 Å². The third-order valence-electron chi connectivity index (χ3n) is 6.88. The van der Waals surface area contributed by atoms with Crippen LogP contribution in [0.3, 0.4) is 0 Å². The number of nitrogens with one attached hydrogen (secondary N) is 1. The fourth-order valence-corrected chi connectivity index (χ4v) is 7.83. The molecule has 3 unspecified atom stereocenters. The van der Waals surface area contributed by atoms with Crippen molar-refractivity contribution in [3.63, 3.8) is 0 Å². The number of rotatable bonds is 3. The molecule has 2 aromatic carbocycles. The zero-order chi connectivity index (χ0) is 22.0. The molecule has 8 heteroatoms. The molecular weight excluding hydrogens is 467 g/mol. The number of ketones is 1. The Labute approximate surface area is 197 Å². The Kier molecular flexibility index (Phi) is 4.73. The summed E-state index contributed by atoms with van der Waals surface area (Å²) in [5.41, 5.74) is 0.849. The predicted molar refractivity (Wildman–Crippen MR) is 126 cm³/mol. The van der Waals surface area contributed by atoms with Crippen LogP contribution in [0.2, 0.25) is 5.02 Å². The molecule has 2 saturated heterocycles. The Bertz CT molecular complexity index is 1230. The van der Waals surface area contributed by atoms with Crippen LogP contribution < -0.4 is 5.32 Å². The van der Waals surface area contributed by atoms with E-state index in [1.807, 2.05) is 35.7 Å². The average molecular weight is 485 g/mol. The lowest BCUT2D eigenvalue weighted by molar-refractivity contribution is -0.127. The first kappa shape index (κ1) is 20.4. The molecule has 0 bridgehead atoms. The largest absolute Gasteiger partial charge is 0.324 e. The van der Waals surface area contributed by atoms with E-state index in [9.17, 15) is 14.0 Å². The molecule has 3 aliphatic rings. The lowest BCUT2D eigenvalue weighted by Gasteiger charge is -2.36. The van der Waals surface area contributed by atoms with Crippen molar-refractivity contribution in [3.05, 3.63) is 86.8 Å². The van der Waals surface area contributed by atoms with E-state index in [1.165, 1.54) is 23.5 Å². The Hall–Kier alpha value is -2.19. The molecule has 4 nitrogen and oxygen atoms in total. The van der Waals surface area contributed by atoms with Crippen LogP contribution in [-0.4, -0.2) is 34.3 Å². The second-order valence-corrected chi connectivity index (χ2v) is 10.7. The number of Topliss-reactive ketones (excluding diaryl/α,β-unsaturated/α-hetero) is 1. The lowest BCUT2D eigenvalue weighted by atomic mass is 9.70. The first-order valence-electron chi connectivity index (χ1n) is 10.3. The normalized spacial score (nSPS) is 28.7. The third-order valence-corrected chi connectivity index (χ3v) is 9.06. The Balaban J connectivity index is 1.63. The maximum atomic E-state index is 14.5. The van der Waals surface area contributed by atoms with Crippen LogP contribution >= 0.6 is 34.7 Å². The standard InChI is InChI=1S/C24H18ClFN2O2S2/c25-14-5-3-13(4-6-14)20-18-11-31-12-28(18)24(21(20)22(29)19-2-1-9-32-19)16-10-15(26)7-8-17(16)27-23(24)30/h1-10,18,20-21H,11-12H2,(H,27,30)/t18?,20?,21?,24-/m1/s1.